The highest BCUT2D eigenvalue weighted by Gasteiger charge is 2.26. The Hall–Kier alpha value is -1.21. The quantitative estimate of drug-likeness (QED) is 0.584. The van der Waals surface area contributed by atoms with Crippen molar-refractivity contribution in [2.75, 3.05) is 18.5 Å². The summed E-state index contributed by atoms with van der Waals surface area (Å²) in [6.07, 6.45) is 2.94. The largest absolute Gasteiger partial charge is 0.396 e. The van der Waals surface area contributed by atoms with E-state index in [1.165, 1.54) is 6.20 Å². The van der Waals surface area contributed by atoms with Crippen LogP contribution in [0.1, 0.15) is 32.3 Å². The van der Waals surface area contributed by atoms with Gasteiger partial charge in [0.25, 0.3) is 5.69 Å². The van der Waals surface area contributed by atoms with Crippen LogP contribution in [0, 0.1) is 22.5 Å². The van der Waals surface area contributed by atoms with Crippen molar-refractivity contribution in [3.63, 3.8) is 0 Å². The molecule has 0 bridgehead atoms. The molecule has 0 atom stereocenters. The molecule has 1 heterocycles. The number of rotatable bonds is 7. The van der Waals surface area contributed by atoms with Gasteiger partial charge in [0.2, 0.25) is 0 Å². The lowest BCUT2D eigenvalue weighted by molar-refractivity contribution is -0.385. The highest BCUT2D eigenvalue weighted by atomic mass is 79.9. The monoisotopic (exact) mass is 345 g/mol. The van der Waals surface area contributed by atoms with Crippen molar-refractivity contribution in [3.05, 3.63) is 26.3 Å². The van der Waals surface area contributed by atoms with Crippen LogP contribution in [0.4, 0.5) is 11.5 Å². The van der Waals surface area contributed by atoms with E-state index >= 15 is 0 Å². The topological polar surface area (TPSA) is 88.3 Å². The molecule has 2 N–H and O–H groups in total. The summed E-state index contributed by atoms with van der Waals surface area (Å²) < 4.78 is 0.589. The highest BCUT2D eigenvalue weighted by Crippen LogP contribution is 2.32. The van der Waals surface area contributed by atoms with E-state index in [4.69, 9.17) is 0 Å². The average Bonchev–Trinajstić information content (AvgIpc) is 2.44. The van der Waals surface area contributed by atoms with Crippen LogP contribution in [0.5, 0.6) is 0 Å². The SMILES string of the molecule is CCC(CC)(CO)CNc1ncc([N+](=O)[O-])c(C)c1Br. The summed E-state index contributed by atoms with van der Waals surface area (Å²) in [5, 5.41) is 23.5. The third-order valence-corrected chi connectivity index (χ3v) is 4.87. The summed E-state index contributed by atoms with van der Waals surface area (Å²) in [6.45, 7) is 6.40. The predicted octanol–water partition coefficient (Wildman–Crippen LogP) is 3.27. The Labute approximate surface area is 126 Å². The second-order valence-corrected chi connectivity index (χ2v) is 5.70. The average molecular weight is 346 g/mol. The first kappa shape index (κ1) is 16.8. The minimum Gasteiger partial charge on any atom is -0.396 e. The number of hydrogen-bond donors (Lipinski definition) is 2. The van der Waals surface area contributed by atoms with Crippen LogP contribution in [-0.4, -0.2) is 28.2 Å². The minimum atomic E-state index is -0.451. The van der Waals surface area contributed by atoms with Gasteiger partial charge < -0.3 is 10.4 Å². The molecule has 0 aliphatic carbocycles. The van der Waals surface area contributed by atoms with Gasteiger partial charge in [0.1, 0.15) is 12.0 Å². The maximum Gasteiger partial charge on any atom is 0.291 e. The van der Waals surface area contributed by atoms with Crippen LogP contribution in [0.25, 0.3) is 0 Å². The Bertz CT molecular complexity index is 482. The zero-order valence-electron chi connectivity index (χ0n) is 11.9. The molecule has 1 rings (SSSR count). The summed E-state index contributed by atoms with van der Waals surface area (Å²) >= 11 is 3.34. The molecule has 6 nitrogen and oxygen atoms in total. The van der Waals surface area contributed by atoms with Gasteiger partial charge in [-0.15, -0.1) is 0 Å². The van der Waals surface area contributed by atoms with Crippen molar-refractivity contribution in [2.24, 2.45) is 5.41 Å². The van der Waals surface area contributed by atoms with E-state index in [0.717, 1.165) is 12.8 Å². The maximum atomic E-state index is 10.8. The molecule has 20 heavy (non-hydrogen) atoms. The molecule has 0 aromatic carbocycles. The number of anilines is 1. The second kappa shape index (κ2) is 6.99. The number of aromatic nitrogens is 1. The van der Waals surface area contributed by atoms with Crippen molar-refractivity contribution in [2.45, 2.75) is 33.6 Å². The molecule has 0 radical (unpaired) electrons. The minimum absolute atomic E-state index is 0.0122. The molecule has 0 aliphatic rings. The Morgan fingerprint density at radius 1 is 1.50 bits per heavy atom. The molecule has 0 amide bonds. The molecule has 1 aromatic heterocycles. The molecule has 0 saturated heterocycles. The smallest absolute Gasteiger partial charge is 0.291 e. The number of halogens is 1. The molecule has 112 valence electrons. The number of hydrogen-bond acceptors (Lipinski definition) is 5. The van der Waals surface area contributed by atoms with Gasteiger partial charge >= 0.3 is 0 Å². The number of nitrogens with zero attached hydrogens (tertiary/aromatic N) is 2. The van der Waals surface area contributed by atoms with Gasteiger partial charge in [-0.25, -0.2) is 4.98 Å². The third-order valence-electron chi connectivity index (χ3n) is 3.90. The van der Waals surface area contributed by atoms with Gasteiger partial charge in [0, 0.05) is 17.5 Å². The van der Waals surface area contributed by atoms with Crippen molar-refractivity contribution in [1.82, 2.24) is 4.98 Å². The molecule has 0 fully saturated rings. The Kier molecular flexibility index (Phi) is 5.88. The molecule has 0 unspecified atom stereocenters. The third kappa shape index (κ3) is 3.46. The van der Waals surface area contributed by atoms with Crippen molar-refractivity contribution in [3.8, 4) is 0 Å². The van der Waals surface area contributed by atoms with Gasteiger partial charge in [-0.1, -0.05) is 13.8 Å². The van der Waals surface area contributed by atoms with E-state index < -0.39 is 4.92 Å². The van der Waals surface area contributed by atoms with Crippen molar-refractivity contribution < 1.29 is 10.0 Å². The molecule has 0 saturated carbocycles. The van der Waals surface area contributed by atoms with Crippen LogP contribution < -0.4 is 5.32 Å². The zero-order valence-corrected chi connectivity index (χ0v) is 13.5. The van der Waals surface area contributed by atoms with Crippen molar-refractivity contribution in [1.29, 1.82) is 0 Å². The van der Waals surface area contributed by atoms with Crippen LogP contribution in [0.15, 0.2) is 10.7 Å². The van der Waals surface area contributed by atoms with E-state index in [9.17, 15) is 15.2 Å². The lowest BCUT2D eigenvalue weighted by Crippen LogP contribution is -2.32. The molecule has 0 aliphatic heterocycles. The van der Waals surface area contributed by atoms with Gasteiger partial charge in [-0.3, -0.25) is 10.1 Å². The van der Waals surface area contributed by atoms with Gasteiger partial charge in [0.15, 0.2) is 0 Å². The zero-order chi connectivity index (χ0) is 15.3. The normalized spacial score (nSPS) is 11.4. The first-order valence-electron chi connectivity index (χ1n) is 6.55. The fraction of sp³-hybridized carbons (Fsp3) is 0.615. The first-order valence-corrected chi connectivity index (χ1v) is 7.34. The fourth-order valence-electron chi connectivity index (χ4n) is 1.93. The van der Waals surface area contributed by atoms with E-state index in [1.54, 1.807) is 6.92 Å². The summed E-state index contributed by atoms with van der Waals surface area (Å²) in [7, 11) is 0. The van der Waals surface area contributed by atoms with E-state index in [1.807, 2.05) is 13.8 Å². The lowest BCUT2D eigenvalue weighted by atomic mass is 9.83. The molecule has 1 aromatic rings. The number of aliphatic hydroxyl groups is 1. The molecule has 0 spiro atoms. The first-order chi connectivity index (χ1) is 9.40. The number of nitro groups is 1. The highest BCUT2D eigenvalue weighted by molar-refractivity contribution is 9.10. The lowest BCUT2D eigenvalue weighted by Gasteiger charge is -2.30. The van der Waals surface area contributed by atoms with Gasteiger partial charge in [-0.2, -0.15) is 0 Å². The maximum absolute atomic E-state index is 10.8. The van der Waals surface area contributed by atoms with Gasteiger partial charge in [-0.05, 0) is 35.7 Å². The van der Waals surface area contributed by atoms with Crippen LogP contribution in [0.3, 0.4) is 0 Å². The fourth-order valence-corrected chi connectivity index (χ4v) is 2.37. The Morgan fingerprint density at radius 2 is 2.10 bits per heavy atom. The Balaban J connectivity index is 2.95. The predicted molar refractivity (Wildman–Crippen MR) is 81.9 cm³/mol. The van der Waals surface area contributed by atoms with E-state index in [-0.39, 0.29) is 17.7 Å². The van der Waals surface area contributed by atoms with E-state index in [2.05, 4.69) is 26.2 Å². The molecular weight excluding hydrogens is 326 g/mol. The number of nitrogens with one attached hydrogen (secondary N) is 1. The van der Waals surface area contributed by atoms with Crippen LogP contribution in [0.2, 0.25) is 0 Å². The van der Waals surface area contributed by atoms with Crippen molar-refractivity contribution >= 4 is 27.4 Å². The molecule has 7 heteroatoms. The van der Waals surface area contributed by atoms with Crippen LogP contribution in [-0.2, 0) is 0 Å². The molecular formula is C13H20BrN3O3. The standard InChI is InChI=1S/C13H20BrN3O3/c1-4-13(5-2,8-18)7-16-12-11(14)9(3)10(6-15-12)17(19)20/h6,18H,4-5,7-8H2,1-3H3,(H,15,16). The van der Waals surface area contributed by atoms with E-state index in [0.29, 0.717) is 22.4 Å². The summed E-state index contributed by atoms with van der Waals surface area (Å²) in [5.41, 5.74) is 0.327. The number of aliphatic hydroxyl groups excluding tert-OH is 1. The van der Waals surface area contributed by atoms with Gasteiger partial charge in [0.05, 0.1) is 16.0 Å². The summed E-state index contributed by atoms with van der Waals surface area (Å²) in [5.74, 6) is 0.563. The summed E-state index contributed by atoms with van der Waals surface area (Å²) in [6, 6.07) is 0. The summed E-state index contributed by atoms with van der Waals surface area (Å²) in [4.78, 5) is 14.5. The number of pyridine rings is 1. The second-order valence-electron chi connectivity index (χ2n) is 4.91. The Morgan fingerprint density at radius 3 is 2.55 bits per heavy atom. The van der Waals surface area contributed by atoms with Crippen LogP contribution >= 0.6 is 15.9 Å².